The van der Waals surface area contributed by atoms with Crippen molar-refractivity contribution in [3.63, 3.8) is 0 Å². The second kappa shape index (κ2) is 8.88. The minimum absolute atomic E-state index is 0.0895. The summed E-state index contributed by atoms with van der Waals surface area (Å²) in [5.41, 5.74) is 2.52. The molecule has 7 nitrogen and oxygen atoms in total. The van der Waals surface area contributed by atoms with Crippen LogP contribution in [0.2, 0.25) is 0 Å². The molecule has 2 aromatic heterocycles. The van der Waals surface area contributed by atoms with Crippen molar-refractivity contribution in [2.24, 2.45) is 0 Å². The first-order valence-electron chi connectivity index (χ1n) is 10.4. The maximum Gasteiger partial charge on any atom is 0.295 e. The first-order chi connectivity index (χ1) is 15.3. The van der Waals surface area contributed by atoms with E-state index in [4.69, 9.17) is 0 Å². The SMILES string of the molecule is Cc1nc2ccccn2c1C(O)=C1C(=O)C(=O)N(CCCN(C)C)[C@@H]1c1cccc(Br)c1. The van der Waals surface area contributed by atoms with E-state index in [2.05, 4.69) is 20.9 Å². The molecule has 0 saturated carbocycles. The highest BCUT2D eigenvalue weighted by Crippen LogP contribution is 2.40. The molecular weight excluding hydrogens is 472 g/mol. The van der Waals surface area contributed by atoms with Crippen molar-refractivity contribution in [1.82, 2.24) is 19.2 Å². The fourth-order valence-electron chi connectivity index (χ4n) is 4.22. The number of pyridine rings is 1. The third-order valence-electron chi connectivity index (χ3n) is 5.64. The van der Waals surface area contributed by atoms with Crippen molar-refractivity contribution in [1.29, 1.82) is 0 Å². The lowest BCUT2D eigenvalue weighted by Crippen LogP contribution is -2.32. The Hall–Kier alpha value is -2.97. The summed E-state index contributed by atoms with van der Waals surface area (Å²) in [6.07, 6.45) is 2.49. The lowest BCUT2D eigenvalue weighted by atomic mass is 9.96. The van der Waals surface area contributed by atoms with Gasteiger partial charge in [-0.1, -0.05) is 34.1 Å². The lowest BCUT2D eigenvalue weighted by Gasteiger charge is -2.26. The van der Waals surface area contributed by atoms with Gasteiger partial charge < -0.3 is 14.9 Å². The van der Waals surface area contributed by atoms with E-state index in [1.165, 1.54) is 0 Å². The number of aryl methyl sites for hydroxylation is 1. The number of hydrogen-bond acceptors (Lipinski definition) is 5. The number of aliphatic hydroxyl groups is 1. The first-order valence-corrected chi connectivity index (χ1v) is 11.2. The minimum atomic E-state index is -0.678. The molecule has 4 rings (SSSR count). The lowest BCUT2D eigenvalue weighted by molar-refractivity contribution is -0.139. The maximum atomic E-state index is 13.2. The van der Waals surface area contributed by atoms with Crippen LogP contribution in [0.25, 0.3) is 11.4 Å². The summed E-state index contributed by atoms with van der Waals surface area (Å²) < 4.78 is 2.57. The van der Waals surface area contributed by atoms with Crippen molar-refractivity contribution in [2.75, 3.05) is 27.2 Å². The topological polar surface area (TPSA) is 78.1 Å². The van der Waals surface area contributed by atoms with Gasteiger partial charge in [0.05, 0.1) is 17.3 Å². The Bertz CT molecular complexity index is 1230. The van der Waals surface area contributed by atoms with E-state index in [9.17, 15) is 14.7 Å². The molecule has 1 amide bonds. The summed E-state index contributed by atoms with van der Waals surface area (Å²) in [5.74, 6) is -1.48. The minimum Gasteiger partial charge on any atom is -0.505 e. The molecule has 166 valence electrons. The third kappa shape index (κ3) is 3.96. The molecule has 0 radical (unpaired) electrons. The standard InChI is InChI=1S/C24H25BrN4O3/c1-15-20(28-12-5-4-10-18(28)26-15)22(30)19-21(16-8-6-9-17(25)14-16)29(24(32)23(19)31)13-7-11-27(2)3/h4-6,8-10,12,14,21,30H,7,11,13H2,1-3H3/t21-/m1/s1. The number of amides is 1. The van der Waals surface area contributed by atoms with Crippen molar-refractivity contribution in [3.05, 3.63) is 75.7 Å². The predicted octanol–water partition coefficient (Wildman–Crippen LogP) is 3.78. The van der Waals surface area contributed by atoms with Crippen LogP contribution in [0.15, 0.2) is 58.7 Å². The van der Waals surface area contributed by atoms with Crippen molar-refractivity contribution >= 4 is 39.0 Å². The monoisotopic (exact) mass is 496 g/mol. The van der Waals surface area contributed by atoms with E-state index in [1.54, 1.807) is 22.4 Å². The number of hydrogen-bond donors (Lipinski definition) is 1. The highest BCUT2D eigenvalue weighted by Gasteiger charge is 2.46. The number of ketones is 1. The van der Waals surface area contributed by atoms with E-state index >= 15 is 0 Å². The average molecular weight is 497 g/mol. The Balaban J connectivity index is 1.89. The van der Waals surface area contributed by atoms with Gasteiger partial charge in [-0.3, -0.25) is 14.0 Å². The van der Waals surface area contributed by atoms with Gasteiger partial charge in [-0.15, -0.1) is 0 Å². The molecule has 1 fully saturated rings. The van der Waals surface area contributed by atoms with Crippen molar-refractivity contribution < 1.29 is 14.7 Å². The molecule has 0 spiro atoms. The van der Waals surface area contributed by atoms with Gasteiger partial charge in [0.15, 0.2) is 5.76 Å². The van der Waals surface area contributed by atoms with Gasteiger partial charge in [-0.25, -0.2) is 4.98 Å². The number of likely N-dealkylation sites (tertiary alicyclic amines) is 1. The Kier molecular flexibility index (Phi) is 6.17. The molecule has 1 saturated heterocycles. The van der Waals surface area contributed by atoms with Gasteiger partial charge in [0.25, 0.3) is 11.7 Å². The molecule has 1 aromatic carbocycles. The quantitative estimate of drug-likeness (QED) is 0.319. The Morgan fingerprint density at radius 3 is 2.69 bits per heavy atom. The number of nitrogens with zero attached hydrogens (tertiary/aromatic N) is 4. The Labute approximate surface area is 195 Å². The largest absolute Gasteiger partial charge is 0.505 e. The zero-order valence-electron chi connectivity index (χ0n) is 18.2. The fourth-order valence-corrected chi connectivity index (χ4v) is 4.63. The molecule has 32 heavy (non-hydrogen) atoms. The van der Waals surface area contributed by atoms with Crippen molar-refractivity contribution in [3.8, 4) is 0 Å². The van der Waals surface area contributed by atoms with Crippen LogP contribution in [0.5, 0.6) is 0 Å². The molecule has 0 bridgehead atoms. The Morgan fingerprint density at radius 1 is 1.19 bits per heavy atom. The van der Waals surface area contributed by atoms with Gasteiger partial charge in [0.1, 0.15) is 11.3 Å². The summed E-state index contributed by atoms with van der Waals surface area (Å²) in [5, 5.41) is 11.4. The molecule has 8 heteroatoms. The van der Waals surface area contributed by atoms with Crippen LogP contribution in [0.1, 0.15) is 29.4 Å². The third-order valence-corrected chi connectivity index (χ3v) is 6.13. The molecular formula is C24H25BrN4O3. The summed E-state index contributed by atoms with van der Waals surface area (Å²) >= 11 is 3.48. The first kappa shape index (κ1) is 22.2. The molecule has 3 heterocycles. The van der Waals surface area contributed by atoms with Crippen LogP contribution in [-0.4, -0.2) is 63.2 Å². The average Bonchev–Trinajstić information content (AvgIpc) is 3.21. The number of fused-ring (bicyclic) bond motifs is 1. The molecule has 1 aliphatic heterocycles. The molecule has 1 aliphatic rings. The highest BCUT2D eigenvalue weighted by atomic mass is 79.9. The van der Waals surface area contributed by atoms with Gasteiger partial charge in [0.2, 0.25) is 0 Å². The van der Waals surface area contributed by atoms with E-state index in [-0.39, 0.29) is 11.3 Å². The van der Waals surface area contributed by atoms with Gasteiger partial charge in [-0.05, 0) is 63.8 Å². The van der Waals surface area contributed by atoms with Crippen LogP contribution in [0, 0.1) is 6.92 Å². The number of aliphatic hydroxyl groups excluding tert-OH is 1. The van der Waals surface area contributed by atoms with E-state index < -0.39 is 17.7 Å². The van der Waals surface area contributed by atoms with Crippen LogP contribution >= 0.6 is 15.9 Å². The number of halogens is 1. The number of aromatic nitrogens is 2. The number of imidazole rings is 1. The summed E-state index contributed by atoms with van der Waals surface area (Å²) in [6.45, 7) is 2.97. The van der Waals surface area contributed by atoms with E-state index in [0.29, 0.717) is 30.0 Å². The second-order valence-corrected chi connectivity index (χ2v) is 9.09. The summed E-state index contributed by atoms with van der Waals surface area (Å²) in [4.78, 5) is 34.4. The summed E-state index contributed by atoms with van der Waals surface area (Å²) in [7, 11) is 3.93. The molecule has 0 aliphatic carbocycles. The predicted molar refractivity (Wildman–Crippen MR) is 126 cm³/mol. The zero-order chi connectivity index (χ0) is 23.0. The number of benzene rings is 1. The van der Waals surface area contributed by atoms with Crippen LogP contribution < -0.4 is 0 Å². The molecule has 1 atom stereocenters. The van der Waals surface area contributed by atoms with Gasteiger partial charge in [-0.2, -0.15) is 0 Å². The van der Waals surface area contributed by atoms with Crippen molar-refractivity contribution in [2.45, 2.75) is 19.4 Å². The second-order valence-electron chi connectivity index (χ2n) is 8.18. The molecule has 1 N–H and O–H groups in total. The zero-order valence-corrected chi connectivity index (χ0v) is 19.8. The number of carbonyl (C=O) groups is 2. The van der Waals surface area contributed by atoms with Crippen LogP contribution in [0.3, 0.4) is 0 Å². The van der Waals surface area contributed by atoms with Gasteiger partial charge >= 0.3 is 0 Å². The Morgan fingerprint density at radius 2 is 1.97 bits per heavy atom. The van der Waals surface area contributed by atoms with Crippen LogP contribution in [0.4, 0.5) is 0 Å². The fraction of sp³-hybridized carbons (Fsp3) is 0.292. The van der Waals surface area contributed by atoms with E-state index in [1.807, 2.05) is 61.5 Å². The number of rotatable bonds is 6. The normalized spacial score (nSPS) is 18.3. The van der Waals surface area contributed by atoms with Crippen LogP contribution in [-0.2, 0) is 9.59 Å². The molecule has 3 aromatic rings. The number of carbonyl (C=O) groups excluding carboxylic acids is 2. The number of Topliss-reactive ketones (excluding diaryl/α,β-unsaturated/α-hetero) is 1. The van der Waals surface area contributed by atoms with Gasteiger partial charge in [0, 0.05) is 17.2 Å². The smallest absolute Gasteiger partial charge is 0.295 e. The highest BCUT2D eigenvalue weighted by molar-refractivity contribution is 9.10. The maximum absolute atomic E-state index is 13.2. The molecule has 0 unspecified atom stereocenters. The van der Waals surface area contributed by atoms with E-state index in [0.717, 1.165) is 16.6 Å². The summed E-state index contributed by atoms with van der Waals surface area (Å²) in [6, 6.07) is 12.3.